The first kappa shape index (κ1) is 20.6. The van der Waals surface area contributed by atoms with Gasteiger partial charge in [0.15, 0.2) is 9.84 Å². The van der Waals surface area contributed by atoms with E-state index in [2.05, 4.69) is 15.9 Å². The molecule has 0 aliphatic heterocycles. The van der Waals surface area contributed by atoms with Gasteiger partial charge >= 0.3 is 0 Å². The molecule has 0 aromatic heterocycles. The predicted octanol–water partition coefficient (Wildman–Crippen LogP) is 3.16. The Morgan fingerprint density at radius 2 is 1.48 bits per heavy atom. The van der Waals surface area contributed by atoms with Crippen LogP contribution in [0.4, 0.5) is 0 Å². The first-order valence-corrected chi connectivity index (χ1v) is 11.5. The zero-order chi connectivity index (χ0) is 18.0. The molecule has 0 aliphatic rings. The number of hydrogen-bond acceptors (Lipinski definition) is 4. The molecule has 0 amide bonds. The van der Waals surface area contributed by atoms with Crippen molar-refractivity contribution in [2.75, 3.05) is 19.3 Å². The summed E-state index contributed by atoms with van der Waals surface area (Å²) in [6.07, 6.45) is 1.06. The van der Waals surface area contributed by atoms with Gasteiger partial charge in [0, 0.05) is 23.8 Å². The molecule has 0 spiro atoms. The summed E-state index contributed by atoms with van der Waals surface area (Å²) >= 11 is 3.23. The maximum atomic E-state index is 13.0. The van der Waals surface area contributed by atoms with Crippen molar-refractivity contribution in [2.24, 2.45) is 11.8 Å². The van der Waals surface area contributed by atoms with Gasteiger partial charge in [-0.15, -0.1) is 0 Å². The second kappa shape index (κ2) is 7.63. The van der Waals surface area contributed by atoms with E-state index in [0.29, 0.717) is 17.6 Å². The maximum absolute atomic E-state index is 13.0. The summed E-state index contributed by atoms with van der Waals surface area (Å²) in [5.74, 6) is 0.334. The average molecular weight is 426 g/mol. The smallest absolute Gasteiger partial charge is 0.224 e. The van der Waals surface area contributed by atoms with E-state index in [-0.39, 0.29) is 21.6 Å². The lowest BCUT2D eigenvalue weighted by atomic mass is 10.2. The van der Waals surface area contributed by atoms with Crippen molar-refractivity contribution in [3.8, 4) is 0 Å². The molecule has 0 heterocycles. The van der Waals surface area contributed by atoms with E-state index in [1.807, 2.05) is 27.7 Å². The number of hydrogen-bond donors (Lipinski definition) is 0. The Labute approximate surface area is 148 Å². The van der Waals surface area contributed by atoms with Gasteiger partial charge in [0.05, 0.1) is 9.79 Å². The van der Waals surface area contributed by atoms with E-state index < -0.39 is 19.9 Å². The molecule has 0 radical (unpaired) electrons. The van der Waals surface area contributed by atoms with Gasteiger partial charge in [-0.25, -0.2) is 16.8 Å². The van der Waals surface area contributed by atoms with Gasteiger partial charge in [0.1, 0.15) is 0 Å². The third-order valence-electron chi connectivity index (χ3n) is 3.09. The van der Waals surface area contributed by atoms with Crippen molar-refractivity contribution in [3.05, 3.63) is 22.7 Å². The minimum atomic E-state index is -3.78. The zero-order valence-corrected chi connectivity index (χ0v) is 17.3. The zero-order valence-electron chi connectivity index (χ0n) is 14.1. The first-order chi connectivity index (χ1) is 10.4. The second-order valence-corrected chi connectivity index (χ2v) is 11.3. The number of rotatable bonds is 7. The molecule has 0 saturated carbocycles. The molecule has 0 atom stereocenters. The monoisotopic (exact) mass is 425 g/mol. The molecule has 132 valence electrons. The Hall–Kier alpha value is -0.440. The minimum absolute atomic E-state index is 0.00619. The van der Waals surface area contributed by atoms with Crippen LogP contribution in [0, 0.1) is 11.8 Å². The maximum Gasteiger partial charge on any atom is 0.244 e. The quantitative estimate of drug-likeness (QED) is 0.672. The molecule has 8 heteroatoms. The molecule has 0 aliphatic carbocycles. The Bertz CT molecular complexity index is 746. The Kier molecular flexibility index (Phi) is 6.84. The number of sulfone groups is 1. The molecule has 0 N–H and O–H groups in total. The fourth-order valence-electron chi connectivity index (χ4n) is 2.14. The number of benzene rings is 1. The molecular formula is C15H24BrNO4S2. The van der Waals surface area contributed by atoms with E-state index >= 15 is 0 Å². The number of sulfonamides is 1. The van der Waals surface area contributed by atoms with Crippen LogP contribution in [-0.4, -0.2) is 40.5 Å². The number of halogens is 1. The van der Waals surface area contributed by atoms with Crippen LogP contribution in [-0.2, 0) is 19.9 Å². The number of nitrogens with zero attached hydrogens (tertiary/aromatic N) is 1. The SMILES string of the molecule is CC(C)CN(CC(C)C)S(=O)(=O)c1cc(S(C)(=O)=O)ccc1Br. The second-order valence-electron chi connectivity index (χ2n) is 6.47. The fourth-order valence-corrected chi connectivity index (χ4v) is 5.58. The summed E-state index contributed by atoms with van der Waals surface area (Å²) in [6.45, 7) is 8.57. The Morgan fingerprint density at radius 3 is 1.87 bits per heavy atom. The Balaban J connectivity index is 3.44. The topological polar surface area (TPSA) is 71.5 Å². The lowest BCUT2D eigenvalue weighted by molar-refractivity contribution is 0.333. The molecule has 0 fully saturated rings. The van der Waals surface area contributed by atoms with E-state index in [0.717, 1.165) is 6.26 Å². The van der Waals surface area contributed by atoms with E-state index in [1.165, 1.54) is 22.5 Å². The lowest BCUT2D eigenvalue weighted by Crippen LogP contribution is -2.37. The van der Waals surface area contributed by atoms with Crippen molar-refractivity contribution in [1.29, 1.82) is 0 Å². The third kappa shape index (κ3) is 5.55. The van der Waals surface area contributed by atoms with Crippen LogP contribution in [0.5, 0.6) is 0 Å². The largest absolute Gasteiger partial charge is 0.244 e. The van der Waals surface area contributed by atoms with Crippen LogP contribution >= 0.6 is 15.9 Å². The highest BCUT2D eigenvalue weighted by Crippen LogP contribution is 2.28. The molecule has 1 rings (SSSR count). The van der Waals surface area contributed by atoms with Gasteiger partial charge in [-0.1, -0.05) is 27.7 Å². The normalized spacial score (nSPS) is 13.3. The van der Waals surface area contributed by atoms with Crippen LogP contribution in [0.15, 0.2) is 32.5 Å². The van der Waals surface area contributed by atoms with Crippen LogP contribution in [0.1, 0.15) is 27.7 Å². The summed E-state index contributed by atoms with van der Waals surface area (Å²) in [5, 5.41) is 0. The van der Waals surface area contributed by atoms with Crippen molar-refractivity contribution >= 4 is 35.8 Å². The highest BCUT2D eigenvalue weighted by atomic mass is 79.9. The summed E-state index contributed by atoms with van der Waals surface area (Å²) in [5.41, 5.74) is 0. The third-order valence-corrected chi connectivity index (χ3v) is 7.02. The predicted molar refractivity (Wildman–Crippen MR) is 95.7 cm³/mol. The summed E-state index contributed by atoms with van der Waals surface area (Å²) in [7, 11) is -7.26. The lowest BCUT2D eigenvalue weighted by Gasteiger charge is -2.26. The molecule has 0 saturated heterocycles. The van der Waals surface area contributed by atoms with E-state index in [4.69, 9.17) is 0 Å². The van der Waals surface area contributed by atoms with Crippen molar-refractivity contribution in [3.63, 3.8) is 0 Å². The van der Waals surface area contributed by atoms with Gasteiger partial charge in [0.25, 0.3) is 0 Å². The average Bonchev–Trinajstić information content (AvgIpc) is 2.35. The van der Waals surface area contributed by atoms with Gasteiger partial charge in [-0.3, -0.25) is 0 Å². The van der Waals surface area contributed by atoms with Crippen LogP contribution in [0.3, 0.4) is 0 Å². The van der Waals surface area contributed by atoms with E-state index in [1.54, 1.807) is 0 Å². The molecule has 0 unspecified atom stereocenters. The van der Waals surface area contributed by atoms with Gasteiger partial charge in [-0.05, 0) is 46.0 Å². The summed E-state index contributed by atoms with van der Waals surface area (Å²) in [6, 6.07) is 4.09. The highest BCUT2D eigenvalue weighted by molar-refractivity contribution is 9.10. The molecule has 5 nitrogen and oxygen atoms in total. The van der Waals surface area contributed by atoms with Gasteiger partial charge in [0.2, 0.25) is 10.0 Å². The molecule has 1 aromatic carbocycles. The standard InChI is InChI=1S/C15H24BrNO4S2/c1-11(2)9-17(10-12(3)4)23(20,21)15-8-13(22(5,18)19)6-7-14(15)16/h6-8,11-12H,9-10H2,1-5H3. The summed E-state index contributed by atoms with van der Waals surface area (Å²) in [4.78, 5) is -0.0185. The van der Waals surface area contributed by atoms with Crippen LogP contribution in [0.25, 0.3) is 0 Å². The fraction of sp³-hybridized carbons (Fsp3) is 0.600. The summed E-state index contributed by atoms with van der Waals surface area (Å²) < 4.78 is 51.2. The van der Waals surface area contributed by atoms with Crippen LogP contribution in [0.2, 0.25) is 0 Å². The molecule has 23 heavy (non-hydrogen) atoms. The van der Waals surface area contributed by atoms with Crippen molar-refractivity contribution in [2.45, 2.75) is 37.5 Å². The molecule has 0 bridgehead atoms. The molecular weight excluding hydrogens is 402 g/mol. The van der Waals surface area contributed by atoms with Crippen molar-refractivity contribution in [1.82, 2.24) is 4.31 Å². The van der Waals surface area contributed by atoms with Gasteiger partial charge in [-0.2, -0.15) is 4.31 Å². The van der Waals surface area contributed by atoms with Crippen molar-refractivity contribution < 1.29 is 16.8 Å². The van der Waals surface area contributed by atoms with Crippen LogP contribution < -0.4 is 0 Å². The van der Waals surface area contributed by atoms with E-state index in [9.17, 15) is 16.8 Å². The van der Waals surface area contributed by atoms with Gasteiger partial charge < -0.3 is 0 Å². The molecule has 1 aromatic rings. The Morgan fingerprint density at radius 1 is 1.00 bits per heavy atom. The minimum Gasteiger partial charge on any atom is -0.224 e. The first-order valence-electron chi connectivity index (χ1n) is 7.35. The highest BCUT2D eigenvalue weighted by Gasteiger charge is 2.28.